The standard InChI is InChI=1S/C19H14N6OS2/c20-10-13-16(12-4-2-1-3-5-12)14(11-21)18(25-17(13)22)27-8-6-15(26)24-19-23-7-9-28-19/h1-5,7,9H,6,8H2,(H2,22,25)(H,23,24,26). The third-order valence-electron chi connectivity index (χ3n) is 3.72. The number of amides is 1. The predicted molar refractivity (Wildman–Crippen MR) is 110 cm³/mol. The lowest BCUT2D eigenvalue weighted by atomic mass is 9.97. The van der Waals surface area contributed by atoms with E-state index in [9.17, 15) is 15.3 Å². The molecule has 0 aliphatic heterocycles. The number of thiazole rings is 1. The Morgan fingerprint density at radius 1 is 1.21 bits per heavy atom. The molecule has 138 valence electrons. The van der Waals surface area contributed by atoms with Crippen LogP contribution in [0, 0.1) is 22.7 Å². The van der Waals surface area contributed by atoms with E-state index in [0.717, 1.165) is 0 Å². The molecule has 0 atom stereocenters. The van der Waals surface area contributed by atoms with Gasteiger partial charge in [-0.1, -0.05) is 30.3 Å². The Kier molecular flexibility index (Phi) is 6.22. The number of rotatable bonds is 6. The Balaban J connectivity index is 1.84. The van der Waals surface area contributed by atoms with Crippen molar-refractivity contribution in [3.05, 3.63) is 53.0 Å². The number of carbonyl (C=O) groups is 1. The molecule has 2 heterocycles. The summed E-state index contributed by atoms with van der Waals surface area (Å²) in [4.78, 5) is 20.2. The first-order chi connectivity index (χ1) is 13.6. The molecule has 1 aromatic carbocycles. The summed E-state index contributed by atoms with van der Waals surface area (Å²) >= 11 is 2.59. The van der Waals surface area contributed by atoms with Crippen LogP contribution in [0.25, 0.3) is 11.1 Å². The Hall–Kier alpha value is -3.40. The topological polar surface area (TPSA) is 128 Å². The summed E-state index contributed by atoms with van der Waals surface area (Å²) in [7, 11) is 0. The summed E-state index contributed by atoms with van der Waals surface area (Å²) < 4.78 is 0. The summed E-state index contributed by atoms with van der Waals surface area (Å²) in [5.41, 5.74) is 7.61. The fraction of sp³-hybridized carbons (Fsp3) is 0.105. The molecule has 3 N–H and O–H groups in total. The van der Waals surface area contributed by atoms with E-state index in [1.165, 1.54) is 23.1 Å². The molecule has 0 fully saturated rings. The number of hydrogen-bond donors (Lipinski definition) is 2. The van der Waals surface area contributed by atoms with E-state index < -0.39 is 0 Å². The maximum Gasteiger partial charge on any atom is 0.226 e. The highest BCUT2D eigenvalue weighted by Crippen LogP contribution is 2.35. The minimum atomic E-state index is -0.175. The number of anilines is 2. The third kappa shape index (κ3) is 4.29. The zero-order valence-electron chi connectivity index (χ0n) is 14.5. The number of nitrogens with zero attached hydrogens (tertiary/aromatic N) is 4. The van der Waals surface area contributed by atoms with Gasteiger partial charge in [-0.15, -0.1) is 23.1 Å². The molecule has 0 unspecified atom stereocenters. The molecule has 0 radical (unpaired) electrons. The average molecular weight is 406 g/mol. The average Bonchev–Trinajstić information content (AvgIpc) is 3.21. The van der Waals surface area contributed by atoms with E-state index in [2.05, 4.69) is 21.4 Å². The third-order valence-corrected chi connectivity index (χ3v) is 5.39. The van der Waals surface area contributed by atoms with Crippen molar-refractivity contribution in [2.75, 3.05) is 16.8 Å². The van der Waals surface area contributed by atoms with Crippen molar-refractivity contribution in [3.63, 3.8) is 0 Å². The highest BCUT2D eigenvalue weighted by molar-refractivity contribution is 7.99. The van der Waals surface area contributed by atoms with Crippen molar-refractivity contribution >= 4 is 40.0 Å². The van der Waals surface area contributed by atoms with E-state index in [4.69, 9.17) is 5.73 Å². The lowest BCUT2D eigenvalue weighted by Gasteiger charge is -2.12. The van der Waals surface area contributed by atoms with E-state index in [0.29, 0.717) is 27.0 Å². The predicted octanol–water partition coefficient (Wildman–Crippen LogP) is 3.65. The zero-order chi connectivity index (χ0) is 19.9. The summed E-state index contributed by atoms with van der Waals surface area (Å²) in [6.07, 6.45) is 1.83. The molecule has 0 aliphatic rings. The zero-order valence-corrected chi connectivity index (χ0v) is 16.2. The van der Waals surface area contributed by atoms with Gasteiger partial charge in [-0.3, -0.25) is 4.79 Å². The van der Waals surface area contributed by atoms with Crippen LogP contribution in [0.4, 0.5) is 10.9 Å². The number of nitriles is 2. The van der Waals surface area contributed by atoms with Crippen LogP contribution in [-0.4, -0.2) is 21.6 Å². The number of carbonyl (C=O) groups excluding carboxylic acids is 1. The molecular formula is C19H14N6OS2. The number of benzene rings is 1. The molecule has 9 heteroatoms. The second-order valence-corrected chi connectivity index (χ2v) is 7.48. The highest BCUT2D eigenvalue weighted by atomic mass is 32.2. The van der Waals surface area contributed by atoms with Crippen LogP contribution >= 0.6 is 23.1 Å². The Morgan fingerprint density at radius 2 is 1.96 bits per heavy atom. The van der Waals surface area contributed by atoms with Crippen molar-refractivity contribution in [1.29, 1.82) is 10.5 Å². The van der Waals surface area contributed by atoms with Gasteiger partial charge in [0.15, 0.2) is 5.13 Å². The van der Waals surface area contributed by atoms with Crippen LogP contribution in [0.1, 0.15) is 17.5 Å². The summed E-state index contributed by atoms with van der Waals surface area (Å²) in [5.74, 6) is 0.291. The van der Waals surface area contributed by atoms with Crippen LogP contribution in [0.15, 0.2) is 46.9 Å². The first-order valence-corrected chi connectivity index (χ1v) is 10.0. The van der Waals surface area contributed by atoms with Crippen molar-refractivity contribution in [2.24, 2.45) is 0 Å². The van der Waals surface area contributed by atoms with Crippen molar-refractivity contribution in [2.45, 2.75) is 11.4 Å². The monoisotopic (exact) mass is 406 g/mol. The molecule has 7 nitrogen and oxygen atoms in total. The van der Waals surface area contributed by atoms with E-state index >= 15 is 0 Å². The quantitative estimate of drug-likeness (QED) is 0.598. The number of nitrogen functional groups attached to an aromatic ring is 1. The van der Waals surface area contributed by atoms with Gasteiger partial charge in [0.2, 0.25) is 5.91 Å². The SMILES string of the molecule is N#Cc1c(N)nc(SCCC(=O)Nc2nccs2)c(C#N)c1-c1ccccc1. The van der Waals surface area contributed by atoms with Gasteiger partial charge in [-0.05, 0) is 5.56 Å². The highest BCUT2D eigenvalue weighted by Gasteiger charge is 2.20. The Morgan fingerprint density at radius 3 is 2.61 bits per heavy atom. The molecule has 0 aliphatic carbocycles. The number of aromatic nitrogens is 2. The molecular weight excluding hydrogens is 392 g/mol. The Bertz CT molecular complexity index is 1070. The van der Waals surface area contributed by atoms with Crippen LogP contribution in [-0.2, 0) is 4.79 Å². The van der Waals surface area contributed by atoms with Gasteiger partial charge in [-0.2, -0.15) is 10.5 Å². The molecule has 2 aromatic heterocycles. The first kappa shape index (κ1) is 19.4. The van der Waals surface area contributed by atoms with Gasteiger partial charge in [0.25, 0.3) is 0 Å². The lowest BCUT2D eigenvalue weighted by molar-refractivity contribution is -0.115. The normalized spacial score (nSPS) is 10.1. The van der Waals surface area contributed by atoms with E-state index in [1.807, 2.05) is 36.4 Å². The van der Waals surface area contributed by atoms with Crippen LogP contribution < -0.4 is 11.1 Å². The van der Waals surface area contributed by atoms with Gasteiger partial charge in [-0.25, -0.2) is 9.97 Å². The summed E-state index contributed by atoms with van der Waals surface area (Å²) in [6, 6.07) is 13.3. The largest absolute Gasteiger partial charge is 0.383 e. The van der Waals surface area contributed by atoms with Crippen molar-refractivity contribution in [3.8, 4) is 23.3 Å². The molecule has 28 heavy (non-hydrogen) atoms. The van der Waals surface area contributed by atoms with Crippen LogP contribution in [0.5, 0.6) is 0 Å². The van der Waals surface area contributed by atoms with E-state index in [-0.39, 0.29) is 29.3 Å². The molecule has 3 aromatic rings. The fourth-order valence-electron chi connectivity index (χ4n) is 2.50. The molecule has 3 rings (SSSR count). The van der Waals surface area contributed by atoms with Gasteiger partial charge >= 0.3 is 0 Å². The fourth-order valence-corrected chi connectivity index (χ4v) is 3.98. The summed E-state index contributed by atoms with van der Waals surface area (Å²) in [5, 5.41) is 24.6. The minimum absolute atomic E-state index is 0.0649. The van der Waals surface area contributed by atoms with Crippen LogP contribution in [0.2, 0.25) is 0 Å². The maximum atomic E-state index is 12.0. The molecule has 0 spiro atoms. The van der Waals surface area contributed by atoms with Crippen LogP contribution in [0.3, 0.4) is 0 Å². The lowest BCUT2D eigenvalue weighted by Crippen LogP contribution is -2.12. The number of pyridine rings is 1. The molecule has 0 saturated heterocycles. The summed E-state index contributed by atoms with van der Waals surface area (Å²) in [6.45, 7) is 0. The van der Waals surface area contributed by atoms with Gasteiger partial charge in [0.05, 0.1) is 5.56 Å². The second kappa shape index (κ2) is 9.00. The van der Waals surface area contributed by atoms with Gasteiger partial charge in [0.1, 0.15) is 28.5 Å². The second-order valence-electron chi connectivity index (χ2n) is 5.50. The number of hydrogen-bond acceptors (Lipinski definition) is 8. The molecule has 0 bridgehead atoms. The first-order valence-electron chi connectivity index (χ1n) is 8.15. The Labute approximate surface area is 169 Å². The van der Waals surface area contributed by atoms with Crippen molar-refractivity contribution < 1.29 is 4.79 Å². The minimum Gasteiger partial charge on any atom is -0.383 e. The van der Waals surface area contributed by atoms with E-state index in [1.54, 1.807) is 11.6 Å². The molecule has 1 amide bonds. The van der Waals surface area contributed by atoms with Crippen molar-refractivity contribution in [1.82, 2.24) is 9.97 Å². The molecule has 0 saturated carbocycles. The number of thioether (sulfide) groups is 1. The van der Waals surface area contributed by atoms with Gasteiger partial charge < -0.3 is 11.1 Å². The van der Waals surface area contributed by atoms with Gasteiger partial charge in [0, 0.05) is 29.3 Å². The smallest absolute Gasteiger partial charge is 0.226 e. The number of nitrogens with one attached hydrogen (secondary N) is 1. The number of nitrogens with two attached hydrogens (primary N) is 1. The maximum absolute atomic E-state index is 12.0.